The monoisotopic (exact) mass is 481 g/mol. The van der Waals surface area contributed by atoms with Crippen LogP contribution in [0.25, 0.3) is 11.1 Å². The first-order valence-corrected chi connectivity index (χ1v) is 10.8. The minimum Gasteiger partial charge on any atom is -0.493 e. The number of halogens is 3. The first-order valence-electron chi connectivity index (χ1n) is 9.19. The minimum atomic E-state index is -0.470. The van der Waals surface area contributed by atoms with Crippen molar-refractivity contribution in [3.63, 3.8) is 0 Å². The van der Waals surface area contributed by atoms with Crippen molar-refractivity contribution >= 4 is 57.2 Å². The van der Waals surface area contributed by atoms with Crippen LogP contribution in [0.3, 0.4) is 0 Å². The van der Waals surface area contributed by atoms with E-state index in [1.165, 1.54) is 31.4 Å². The summed E-state index contributed by atoms with van der Waals surface area (Å²) in [7, 11) is 1.52. The Balaban J connectivity index is 1.78. The van der Waals surface area contributed by atoms with Gasteiger partial charge in [-0.05, 0) is 54.5 Å². The number of carbonyl (C=O) groups is 1. The first kappa shape index (κ1) is 23.0. The van der Waals surface area contributed by atoms with Gasteiger partial charge in [0.15, 0.2) is 16.5 Å². The van der Waals surface area contributed by atoms with E-state index < -0.39 is 11.7 Å². The van der Waals surface area contributed by atoms with Crippen LogP contribution in [0, 0.1) is 5.82 Å². The SMILES string of the molecule is CCCOc1c(Cl)cc(/C=C(/Cl)c2nnc(C(=O)Nc3ccc(F)cc3)s2)cc1OC. The van der Waals surface area contributed by atoms with Gasteiger partial charge in [0.25, 0.3) is 5.91 Å². The van der Waals surface area contributed by atoms with Crippen molar-refractivity contribution < 1.29 is 18.7 Å². The van der Waals surface area contributed by atoms with Crippen LogP contribution in [-0.4, -0.2) is 29.8 Å². The molecule has 0 fully saturated rings. The third-order valence-corrected chi connectivity index (χ3v) is 5.56. The summed E-state index contributed by atoms with van der Waals surface area (Å²) in [6.07, 6.45) is 2.48. The maximum absolute atomic E-state index is 13.0. The fourth-order valence-corrected chi connectivity index (χ4v) is 3.70. The topological polar surface area (TPSA) is 73.3 Å². The molecule has 2 aromatic carbocycles. The Hall–Kier alpha value is -2.68. The largest absolute Gasteiger partial charge is 0.493 e. The van der Waals surface area contributed by atoms with E-state index in [0.29, 0.717) is 39.4 Å². The molecule has 0 radical (unpaired) electrons. The molecule has 162 valence electrons. The van der Waals surface area contributed by atoms with Crippen molar-refractivity contribution in [3.8, 4) is 11.5 Å². The molecule has 0 saturated heterocycles. The Morgan fingerprint density at radius 1 is 1.23 bits per heavy atom. The zero-order valence-electron chi connectivity index (χ0n) is 16.6. The van der Waals surface area contributed by atoms with E-state index in [1.54, 1.807) is 18.2 Å². The number of carbonyl (C=O) groups excluding carboxylic acids is 1. The molecule has 3 aromatic rings. The Morgan fingerprint density at radius 3 is 2.61 bits per heavy atom. The number of nitrogens with one attached hydrogen (secondary N) is 1. The molecule has 1 N–H and O–H groups in total. The molecule has 0 unspecified atom stereocenters. The van der Waals surface area contributed by atoms with Crippen LogP contribution < -0.4 is 14.8 Å². The van der Waals surface area contributed by atoms with Gasteiger partial charge in [-0.2, -0.15) is 0 Å². The van der Waals surface area contributed by atoms with Crippen molar-refractivity contribution in [2.45, 2.75) is 13.3 Å². The summed E-state index contributed by atoms with van der Waals surface area (Å²) in [5.74, 6) is 0.0834. The predicted octanol–water partition coefficient (Wildman–Crippen LogP) is 6.12. The number of hydrogen-bond donors (Lipinski definition) is 1. The molecule has 1 aromatic heterocycles. The van der Waals surface area contributed by atoms with Crippen LogP contribution in [0.4, 0.5) is 10.1 Å². The minimum absolute atomic E-state index is 0.116. The van der Waals surface area contributed by atoms with E-state index in [-0.39, 0.29) is 10.0 Å². The number of ether oxygens (including phenoxy) is 2. The van der Waals surface area contributed by atoms with Gasteiger partial charge in [0.05, 0.1) is 23.8 Å². The van der Waals surface area contributed by atoms with Gasteiger partial charge in [-0.25, -0.2) is 4.39 Å². The van der Waals surface area contributed by atoms with Gasteiger partial charge in [0.2, 0.25) is 5.01 Å². The van der Waals surface area contributed by atoms with Crippen LogP contribution in [0.1, 0.15) is 33.7 Å². The molecule has 0 atom stereocenters. The van der Waals surface area contributed by atoms with Crippen molar-refractivity contribution in [2.24, 2.45) is 0 Å². The Bertz CT molecular complexity index is 1100. The van der Waals surface area contributed by atoms with E-state index >= 15 is 0 Å². The standard InChI is InChI=1S/C21H18Cl2FN3O3S/c1-3-8-30-18-15(22)9-12(11-17(18)29-2)10-16(23)20-26-27-21(31-20)19(28)25-14-6-4-13(24)5-7-14/h4-7,9-11H,3,8H2,1-2H3,(H,25,28)/b16-10+. The average Bonchev–Trinajstić information content (AvgIpc) is 3.25. The summed E-state index contributed by atoms with van der Waals surface area (Å²) in [5, 5.41) is 11.6. The highest BCUT2D eigenvalue weighted by atomic mass is 35.5. The zero-order chi connectivity index (χ0) is 22.4. The van der Waals surface area contributed by atoms with E-state index in [1.807, 2.05) is 6.92 Å². The molecule has 6 nitrogen and oxygen atoms in total. The second-order valence-electron chi connectivity index (χ2n) is 6.25. The Labute approximate surface area is 192 Å². The average molecular weight is 482 g/mol. The summed E-state index contributed by atoms with van der Waals surface area (Å²) in [5.41, 5.74) is 1.11. The van der Waals surface area contributed by atoms with Gasteiger partial charge in [0, 0.05) is 5.69 Å². The number of nitrogens with zero attached hydrogens (tertiary/aromatic N) is 2. The third-order valence-electron chi connectivity index (χ3n) is 3.92. The van der Waals surface area contributed by atoms with Gasteiger partial charge >= 0.3 is 0 Å². The molecule has 0 spiro atoms. The molecule has 1 amide bonds. The lowest BCUT2D eigenvalue weighted by atomic mass is 10.2. The van der Waals surface area contributed by atoms with Crippen LogP contribution in [0.15, 0.2) is 36.4 Å². The fraction of sp³-hybridized carbons (Fsp3) is 0.190. The molecule has 10 heteroatoms. The molecule has 0 aliphatic carbocycles. The lowest BCUT2D eigenvalue weighted by molar-refractivity contribution is 0.102. The van der Waals surface area contributed by atoms with E-state index in [9.17, 15) is 9.18 Å². The van der Waals surface area contributed by atoms with Gasteiger partial charge < -0.3 is 14.8 Å². The van der Waals surface area contributed by atoms with E-state index in [2.05, 4.69) is 15.5 Å². The molecule has 1 heterocycles. The predicted molar refractivity (Wildman–Crippen MR) is 122 cm³/mol. The summed E-state index contributed by atoms with van der Waals surface area (Å²) in [6.45, 7) is 2.51. The maximum atomic E-state index is 13.0. The lowest BCUT2D eigenvalue weighted by Gasteiger charge is -2.12. The molecule has 3 rings (SSSR count). The van der Waals surface area contributed by atoms with Crippen LogP contribution in [0.2, 0.25) is 5.02 Å². The number of anilines is 1. The zero-order valence-corrected chi connectivity index (χ0v) is 18.9. The van der Waals surface area contributed by atoms with Crippen molar-refractivity contribution in [3.05, 3.63) is 62.8 Å². The van der Waals surface area contributed by atoms with Crippen molar-refractivity contribution in [1.29, 1.82) is 0 Å². The molecule has 0 aliphatic heterocycles. The van der Waals surface area contributed by atoms with Gasteiger partial charge in [-0.3, -0.25) is 4.79 Å². The molecule has 0 aliphatic rings. The smallest absolute Gasteiger partial charge is 0.286 e. The van der Waals surface area contributed by atoms with E-state index in [4.69, 9.17) is 32.7 Å². The molecule has 0 bridgehead atoms. The van der Waals surface area contributed by atoms with Crippen molar-refractivity contribution in [2.75, 3.05) is 19.0 Å². The Morgan fingerprint density at radius 2 is 1.94 bits per heavy atom. The van der Waals surface area contributed by atoms with Crippen molar-refractivity contribution in [1.82, 2.24) is 10.2 Å². The maximum Gasteiger partial charge on any atom is 0.286 e. The van der Waals surface area contributed by atoms with Crippen LogP contribution in [0.5, 0.6) is 11.5 Å². The normalized spacial score (nSPS) is 11.3. The molecular weight excluding hydrogens is 464 g/mol. The van der Waals surface area contributed by atoms with Gasteiger partial charge in [-0.15, -0.1) is 10.2 Å². The molecule has 31 heavy (non-hydrogen) atoms. The number of rotatable bonds is 8. The highest BCUT2D eigenvalue weighted by Gasteiger charge is 2.16. The first-order chi connectivity index (χ1) is 14.9. The lowest BCUT2D eigenvalue weighted by Crippen LogP contribution is -2.11. The fourth-order valence-electron chi connectivity index (χ4n) is 2.50. The second-order valence-corrected chi connectivity index (χ2v) is 8.04. The quantitative estimate of drug-likeness (QED) is 0.419. The summed E-state index contributed by atoms with van der Waals surface area (Å²) >= 11 is 13.7. The highest BCUT2D eigenvalue weighted by Crippen LogP contribution is 2.38. The number of hydrogen-bond acceptors (Lipinski definition) is 6. The number of methoxy groups -OCH3 is 1. The number of benzene rings is 2. The van der Waals surface area contributed by atoms with Crippen LogP contribution in [-0.2, 0) is 0 Å². The van der Waals surface area contributed by atoms with Crippen LogP contribution >= 0.6 is 34.5 Å². The molecule has 0 saturated carbocycles. The van der Waals surface area contributed by atoms with Gasteiger partial charge in [-0.1, -0.05) is 41.5 Å². The summed E-state index contributed by atoms with van der Waals surface area (Å²) < 4.78 is 24.0. The number of amides is 1. The number of aromatic nitrogens is 2. The highest BCUT2D eigenvalue weighted by molar-refractivity contribution is 7.15. The third kappa shape index (κ3) is 5.94. The van der Waals surface area contributed by atoms with Gasteiger partial charge in [0.1, 0.15) is 5.82 Å². The molecular formula is C21H18Cl2FN3O3S. The van der Waals surface area contributed by atoms with E-state index in [0.717, 1.165) is 17.8 Å². The second kappa shape index (κ2) is 10.6. The summed E-state index contributed by atoms with van der Waals surface area (Å²) in [4.78, 5) is 12.3. The Kier molecular flexibility index (Phi) is 7.84. The summed E-state index contributed by atoms with van der Waals surface area (Å²) in [6, 6.07) is 8.83.